The van der Waals surface area contributed by atoms with E-state index in [1.54, 1.807) is 29.9 Å². The second-order valence-corrected chi connectivity index (χ2v) is 10.3. The fourth-order valence-corrected chi connectivity index (χ4v) is 6.11. The number of ether oxygens (including phenoxy) is 1. The Bertz CT molecular complexity index is 1210. The van der Waals surface area contributed by atoms with Gasteiger partial charge in [0.1, 0.15) is 5.56 Å². The van der Waals surface area contributed by atoms with Crippen LogP contribution in [0.1, 0.15) is 24.8 Å². The van der Waals surface area contributed by atoms with Crippen molar-refractivity contribution in [2.24, 2.45) is 24.8 Å². The molecule has 2 aromatic heterocycles. The summed E-state index contributed by atoms with van der Waals surface area (Å²) < 4.78 is 49.2. The van der Waals surface area contributed by atoms with Crippen LogP contribution in [0.5, 0.6) is 0 Å². The Morgan fingerprint density at radius 2 is 1.91 bits per heavy atom. The summed E-state index contributed by atoms with van der Waals surface area (Å²) in [6.07, 6.45) is 0.148. The van der Waals surface area contributed by atoms with Crippen LogP contribution in [-0.4, -0.2) is 63.8 Å². The van der Waals surface area contributed by atoms with Crippen molar-refractivity contribution in [3.8, 4) is 11.3 Å². The van der Waals surface area contributed by atoms with Crippen LogP contribution in [-0.2, 0) is 18.0 Å². The average molecular weight is 487 g/mol. The lowest BCUT2D eigenvalue weighted by atomic mass is 10.0. The number of likely N-dealkylation sites (tertiary alicyclic amines) is 1. The zero-order valence-corrected chi connectivity index (χ0v) is 19.6. The summed E-state index contributed by atoms with van der Waals surface area (Å²) in [6.45, 7) is 4.82. The number of fused-ring (bicyclic) bond motifs is 2. The third-order valence-corrected chi connectivity index (χ3v) is 7.72. The van der Waals surface area contributed by atoms with Crippen LogP contribution in [0.2, 0.25) is 0 Å². The van der Waals surface area contributed by atoms with Gasteiger partial charge in [0.2, 0.25) is 0 Å². The van der Waals surface area contributed by atoms with Crippen LogP contribution >= 0.6 is 0 Å². The number of nitrogens with zero attached hydrogens (tertiary/aromatic N) is 5. The molecule has 1 aliphatic carbocycles. The third kappa shape index (κ3) is 4.61. The number of nitrogens with one attached hydrogen (secondary N) is 1. The van der Waals surface area contributed by atoms with E-state index in [-0.39, 0.29) is 17.6 Å². The topological polar surface area (TPSA) is 68.1 Å². The lowest BCUT2D eigenvalue weighted by Crippen LogP contribution is -2.30. The number of aromatic nitrogens is 4. The fraction of sp³-hybridized carbons (Fsp3) is 0.560. The van der Waals surface area contributed by atoms with Gasteiger partial charge in [-0.1, -0.05) is 6.07 Å². The molecule has 2 aliphatic heterocycles. The maximum Gasteiger partial charge on any atom is 0.420 e. The molecule has 2 saturated heterocycles. The molecular formula is C25H29F3N6O. The monoisotopic (exact) mass is 486 g/mol. The molecule has 186 valence electrons. The van der Waals surface area contributed by atoms with Gasteiger partial charge < -0.3 is 15.0 Å². The van der Waals surface area contributed by atoms with Crippen molar-refractivity contribution in [2.75, 3.05) is 38.2 Å². The van der Waals surface area contributed by atoms with E-state index < -0.39 is 11.7 Å². The van der Waals surface area contributed by atoms with Gasteiger partial charge in [0.25, 0.3) is 0 Å². The Kier molecular flexibility index (Phi) is 5.68. The smallest absolute Gasteiger partial charge is 0.381 e. The van der Waals surface area contributed by atoms with Crippen molar-refractivity contribution in [3.63, 3.8) is 0 Å². The van der Waals surface area contributed by atoms with Gasteiger partial charge in [0.05, 0.1) is 17.8 Å². The Labute approximate surface area is 201 Å². The second-order valence-electron chi connectivity index (χ2n) is 10.3. The highest BCUT2D eigenvalue weighted by Crippen LogP contribution is 2.42. The molecule has 35 heavy (non-hydrogen) atoms. The number of hydrogen-bond donors (Lipinski definition) is 1. The lowest BCUT2D eigenvalue weighted by Gasteiger charge is -2.23. The maximum atomic E-state index is 14.0. The van der Waals surface area contributed by atoms with E-state index in [0.717, 1.165) is 69.1 Å². The highest BCUT2D eigenvalue weighted by Gasteiger charge is 2.43. The van der Waals surface area contributed by atoms with Gasteiger partial charge in [0.15, 0.2) is 5.82 Å². The molecule has 3 fully saturated rings. The summed E-state index contributed by atoms with van der Waals surface area (Å²) in [7, 11) is 1.81. The molecule has 0 amide bonds. The summed E-state index contributed by atoms with van der Waals surface area (Å²) in [5, 5.41) is 16.4. The minimum atomic E-state index is -4.53. The van der Waals surface area contributed by atoms with Gasteiger partial charge in [0, 0.05) is 56.5 Å². The van der Waals surface area contributed by atoms with Crippen molar-refractivity contribution in [1.29, 1.82) is 0 Å². The molecule has 7 nitrogen and oxygen atoms in total. The van der Waals surface area contributed by atoms with E-state index >= 15 is 0 Å². The highest BCUT2D eigenvalue weighted by atomic mass is 19.4. The number of benzene rings is 1. The molecule has 4 heterocycles. The Hall–Kier alpha value is -2.72. The summed E-state index contributed by atoms with van der Waals surface area (Å²) >= 11 is 0. The van der Waals surface area contributed by atoms with Gasteiger partial charge >= 0.3 is 6.18 Å². The van der Waals surface area contributed by atoms with Crippen molar-refractivity contribution in [3.05, 3.63) is 36.0 Å². The van der Waals surface area contributed by atoms with Crippen LogP contribution in [0.15, 0.2) is 30.5 Å². The molecule has 1 N–H and O–H groups in total. The highest BCUT2D eigenvalue weighted by molar-refractivity contribution is 5.83. The minimum absolute atomic E-state index is 0.0186. The van der Waals surface area contributed by atoms with Crippen LogP contribution in [0.4, 0.5) is 19.0 Å². The lowest BCUT2D eigenvalue weighted by molar-refractivity contribution is -0.137. The zero-order valence-electron chi connectivity index (χ0n) is 19.6. The van der Waals surface area contributed by atoms with Gasteiger partial charge in [-0.05, 0) is 55.2 Å². The maximum absolute atomic E-state index is 14.0. The first-order chi connectivity index (χ1) is 16.8. The summed E-state index contributed by atoms with van der Waals surface area (Å²) in [4.78, 5) is 2.51. The normalized spacial score (nSPS) is 27.1. The van der Waals surface area contributed by atoms with Crippen LogP contribution < -0.4 is 5.32 Å². The number of aryl methyl sites for hydroxylation is 1. The molecular weight excluding hydrogens is 457 g/mol. The molecule has 0 unspecified atom stereocenters. The number of anilines is 1. The molecule has 0 bridgehead atoms. The predicted octanol–water partition coefficient (Wildman–Crippen LogP) is 4.21. The Balaban J connectivity index is 1.17. The minimum Gasteiger partial charge on any atom is -0.381 e. The predicted molar refractivity (Wildman–Crippen MR) is 126 cm³/mol. The molecule has 0 spiro atoms. The van der Waals surface area contributed by atoms with Crippen molar-refractivity contribution >= 4 is 16.7 Å². The van der Waals surface area contributed by atoms with E-state index in [1.165, 1.54) is 0 Å². The second kappa shape index (κ2) is 8.74. The number of hydrogen-bond acceptors (Lipinski definition) is 6. The first kappa shape index (κ1) is 22.7. The Morgan fingerprint density at radius 1 is 1.11 bits per heavy atom. The summed E-state index contributed by atoms with van der Waals surface area (Å²) in [5.41, 5.74) is 0.788. The van der Waals surface area contributed by atoms with Gasteiger partial charge in [-0.2, -0.15) is 18.3 Å². The largest absolute Gasteiger partial charge is 0.420 e. The summed E-state index contributed by atoms with van der Waals surface area (Å²) in [6, 6.07) is 6.39. The number of alkyl halides is 3. The molecule has 4 atom stereocenters. The van der Waals surface area contributed by atoms with Gasteiger partial charge in [-0.3, -0.25) is 4.68 Å². The molecule has 1 saturated carbocycles. The van der Waals surface area contributed by atoms with Crippen LogP contribution in [0, 0.1) is 17.8 Å². The fourth-order valence-electron chi connectivity index (χ4n) is 6.11. The van der Waals surface area contributed by atoms with E-state index in [0.29, 0.717) is 23.3 Å². The van der Waals surface area contributed by atoms with E-state index in [2.05, 4.69) is 25.5 Å². The average Bonchev–Trinajstić information content (AvgIpc) is 3.57. The number of halogens is 3. The number of rotatable bonds is 5. The first-order valence-electron chi connectivity index (χ1n) is 12.3. The summed E-state index contributed by atoms with van der Waals surface area (Å²) in [5.74, 6) is 1.48. The molecule has 0 radical (unpaired) electrons. The standard InChI is InChI=1S/C25H29F3N6O/c1-33-11-19-6-16(2-3-22(19)32-33)23-9-21(25(26,27)28)24(31-30-23)29-20-7-17-12-34(13-18(17)8-20)10-15-4-5-35-14-15/h2-3,6,9,11,15,17-18,20H,4-5,7-8,10,12-14H2,1H3,(H,29,31)/t15-,17-,18+,20-/m0/s1. The third-order valence-electron chi connectivity index (χ3n) is 7.72. The van der Waals surface area contributed by atoms with E-state index in [1.807, 2.05) is 6.20 Å². The zero-order chi connectivity index (χ0) is 24.2. The molecule has 3 aliphatic rings. The van der Waals surface area contributed by atoms with Crippen LogP contribution in [0.3, 0.4) is 0 Å². The van der Waals surface area contributed by atoms with E-state index in [4.69, 9.17) is 4.74 Å². The van der Waals surface area contributed by atoms with Crippen molar-refractivity contribution in [2.45, 2.75) is 31.5 Å². The molecule has 6 rings (SSSR count). The van der Waals surface area contributed by atoms with Gasteiger partial charge in [-0.25, -0.2) is 0 Å². The SMILES string of the molecule is Cn1cc2cc(-c3cc(C(F)(F)F)c(N[C@@H]4C[C@@H]5CN(C[C@@H]6CCOC6)C[C@@H]5C4)nn3)ccc2n1. The molecule has 1 aromatic carbocycles. The molecule has 10 heteroatoms. The first-order valence-corrected chi connectivity index (χ1v) is 12.3. The Morgan fingerprint density at radius 3 is 2.63 bits per heavy atom. The van der Waals surface area contributed by atoms with Gasteiger partial charge in [-0.15, -0.1) is 10.2 Å². The van der Waals surface area contributed by atoms with Crippen molar-refractivity contribution in [1.82, 2.24) is 24.9 Å². The van der Waals surface area contributed by atoms with Crippen molar-refractivity contribution < 1.29 is 17.9 Å². The van der Waals surface area contributed by atoms with Crippen LogP contribution in [0.25, 0.3) is 22.2 Å². The molecule has 3 aromatic rings. The quantitative estimate of drug-likeness (QED) is 0.583. The van der Waals surface area contributed by atoms with E-state index in [9.17, 15) is 13.2 Å².